The number of phenolic OH excluding ortho intramolecular Hbond substituents is 2. The normalized spacial score (nSPS) is 10.8. The minimum atomic E-state index is 0.204. The molecule has 0 saturated carbocycles. The van der Waals surface area contributed by atoms with E-state index in [1.165, 1.54) is 0 Å². The Balaban J connectivity index is 1.99. The highest BCUT2D eigenvalue weighted by Crippen LogP contribution is 2.35. The first-order valence-electron chi connectivity index (χ1n) is 8.37. The first-order valence-corrected chi connectivity index (χ1v) is 8.37. The van der Waals surface area contributed by atoms with Crippen LogP contribution in [0.5, 0.6) is 11.5 Å². The van der Waals surface area contributed by atoms with E-state index >= 15 is 0 Å². The van der Waals surface area contributed by atoms with Gasteiger partial charge in [0.25, 0.3) is 0 Å². The molecule has 0 unspecified atom stereocenters. The highest BCUT2D eigenvalue weighted by Gasteiger charge is 2.19. The van der Waals surface area contributed by atoms with Gasteiger partial charge in [-0.15, -0.1) is 0 Å². The number of phenols is 2. The van der Waals surface area contributed by atoms with E-state index in [1.54, 1.807) is 30.3 Å². The van der Waals surface area contributed by atoms with Crippen molar-refractivity contribution in [2.75, 3.05) is 0 Å². The van der Waals surface area contributed by atoms with Crippen LogP contribution in [-0.4, -0.2) is 20.0 Å². The molecule has 4 aromatic rings. The van der Waals surface area contributed by atoms with Gasteiger partial charge >= 0.3 is 0 Å². The van der Waals surface area contributed by atoms with Crippen LogP contribution < -0.4 is 0 Å². The molecule has 26 heavy (non-hydrogen) atoms. The van der Waals surface area contributed by atoms with Crippen LogP contribution in [-0.2, 0) is 0 Å². The zero-order chi connectivity index (χ0) is 18.1. The van der Waals surface area contributed by atoms with Gasteiger partial charge in [-0.25, -0.2) is 4.68 Å². The van der Waals surface area contributed by atoms with E-state index < -0.39 is 0 Å². The summed E-state index contributed by atoms with van der Waals surface area (Å²) in [5, 5.41) is 24.6. The van der Waals surface area contributed by atoms with Crippen LogP contribution in [0.15, 0.2) is 78.9 Å². The molecule has 0 spiro atoms. The van der Waals surface area contributed by atoms with Crippen LogP contribution in [0.2, 0.25) is 0 Å². The van der Waals surface area contributed by atoms with E-state index in [0.29, 0.717) is 0 Å². The predicted octanol–water partition coefficient (Wildman–Crippen LogP) is 4.93. The van der Waals surface area contributed by atoms with Crippen molar-refractivity contribution in [1.82, 2.24) is 9.78 Å². The summed E-state index contributed by atoms with van der Waals surface area (Å²) in [5.74, 6) is 0.414. The van der Waals surface area contributed by atoms with Crippen LogP contribution >= 0.6 is 0 Å². The largest absolute Gasteiger partial charge is 0.508 e. The Bertz CT molecular complexity index is 1070. The summed E-state index contributed by atoms with van der Waals surface area (Å²) in [7, 11) is 0. The molecule has 0 fully saturated rings. The van der Waals surface area contributed by atoms with Crippen LogP contribution in [0.3, 0.4) is 0 Å². The highest BCUT2D eigenvalue weighted by molar-refractivity contribution is 5.76. The lowest BCUT2D eigenvalue weighted by Crippen LogP contribution is -1.99. The van der Waals surface area contributed by atoms with E-state index in [-0.39, 0.29) is 11.5 Å². The summed E-state index contributed by atoms with van der Waals surface area (Å²) >= 11 is 0. The molecule has 0 atom stereocenters. The molecule has 0 bridgehead atoms. The van der Waals surface area contributed by atoms with Crippen LogP contribution in [0.25, 0.3) is 28.2 Å². The Labute approximate surface area is 151 Å². The SMILES string of the molecule is Cc1c(-c2cccc(O)c2)nn(-c2ccccc2)c1-c1cccc(O)c1. The molecule has 4 nitrogen and oxygen atoms in total. The van der Waals surface area contributed by atoms with E-state index in [4.69, 9.17) is 5.10 Å². The molecular formula is C22H18N2O2. The molecule has 0 aliphatic carbocycles. The molecule has 3 aromatic carbocycles. The number of aromatic nitrogens is 2. The van der Waals surface area contributed by atoms with Gasteiger partial charge in [0, 0.05) is 16.7 Å². The zero-order valence-electron chi connectivity index (χ0n) is 14.3. The van der Waals surface area contributed by atoms with Crippen molar-refractivity contribution in [2.45, 2.75) is 6.92 Å². The molecule has 1 heterocycles. The number of para-hydroxylation sites is 1. The maximum Gasteiger partial charge on any atom is 0.116 e. The number of aromatic hydroxyl groups is 2. The minimum Gasteiger partial charge on any atom is -0.508 e. The lowest BCUT2D eigenvalue weighted by molar-refractivity contribution is 0.475. The standard InChI is InChI=1S/C22H18N2O2/c1-15-21(16-7-5-11-19(25)13-16)23-24(18-9-3-2-4-10-18)22(15)17-8-6-12-20(26)14-17/h2-14,25-26H,1H3. The molecule has 0 saturated heterocycles. The monoisotopic (exact) mass is 342 g/mol. The van der Waals surface area contributed by atoms with Crippen molar-refractivity contribution in [3.63, 3.8) is 0 Å². The Morgan fingerprint density at radius 2 is 1.35 bits per heavy atom. The third-order valence-electron chi connectivity index (χ3n) is 4.36. The maximum absolute atomic E-state index is 9.92. The summed E-state index contributed by atoms with van der Waals surface area (Å²) in [6.45, 7) is 2.01. The summed E-state index contributed by atoms with van der Waals surface area (Å²) in [5.41, 5.74) is 5.34. The summed E-state index contributed by atoms with van der Waals surface area (Å²) in [6.07, 6.45) is 0. The second-order valence-electron chi connectivity index (χ2n) is 6.17. The van der Waals surface area contributed by atoms with E-state index in [2.05, 4.69) is 0 Å². The summed E-state index contributed by atoms with van der Waals surface area (Å²) in [6, 6.07) is 24.1. The topological polar surface area (TPSA) is 58.3 Å². The average molecular weight is 342 g/mol. The van der Waals surface area contributed by atoms with Gasteiger partial charge in [0.15, 0.2) is 0 Å². The average Bonchev–Trinajstić information content (AvgIpc) is 3.00. The molecule has 4 rings (SSSR count). The molecular weight excluding hydrogens is 324 g/mol. The second kappa shape index (κ2) is 6.41. The molecule has 128 valence electrons. The zero-order valence-corrected chi connectivity index (χ0v) is 14.3. The molecule has 0 aliphatic heterocycles. The van der Waals surface area contributed by atoms with Crippen molar-refractivity contribution < 1.29 is 10.2 Å². The number of hydrogen-bond acceptors (Lipinski definition) is 3. The van der Waals surface area contributed by atoms with Gasteiger partial charge < -0.3 is 10.2 Å². The van der Waals surface area contributed by atoms with Crippen molar-refractivity contribution in [2.24, 2.45) is 0 Å². The number of hydrogen-bond donors (Lipinski definition) is 2. The quantitative estimate of drug-likeness (QED) is 0.555. The molecule has 0 radical (unpaired) electrons. The minimum absolute atomic E-state index is 0.204. The molecule has 0 aliphatic rings. The third-order valence-corrected chi connectivity index (χ3v) is 4.36. The van der Waals surface area contributed by atoms with Gasteiger partial charge in [-0.05, 0) is 43.3 Å². The maximum atomic E-state index is 9.92. The van der Waals surface area contributed by atoms with Crippen molar-refractivity contribution >= 4 is 0 Å². The van der Waals surface area contributed by atoms with Gasteiger partial charge in [0.2, 0.25) is 0 Å². The Morgan fingerprint density at radius 1 is 0.731 bits per heavy atom. The van der Waals surface area contributed by atoms with Gasteiger partial charge in [0.05, 0.1) is 17.1 Å². The number of benzene rings is 3. The Morgan fingerprint density at radius 3 is 2.00 bits per heavy atom. The van der Waals surface area contributed by atoms with Gasteiger partial charge in [-0.1, -0.05) is 42.5 Å². The van der Waals surface area contributed by atoms with Crippen LogP contribution in [0, 0.1) is 6.92 Å². The van der Waals surface area contributed by atoms with Gasteiger partial charge in [-0.2, -0.15) is 5.10 Å². The highest BCUT2D eigenvalue weighted by atomic mass is 16.3. The van der Waals surface area contributed by atoms with Crippen molar-refractivity contribution in [3.05, 3.63) is 84.4 Å². The first-order chi connectivity index (χ1) is 12.6. The Hall–Kier alpha value is -3.53. The predicted molar refractivity (Wildman–Crippen MR) is 103 cm³/mol. The molecule has 2 N–H and O–H groups in total. The molecule has 1 aromatic heterocycles. The molecule has 4 heteroatoms. The van der Waals surface area contributed by atoms with Crippen molar-refractivity contribution in [3.8, 4) is 39.7 Å². The van der Waals surface area contributed by atoms with E-state index in [0.717, 1.165) is 33.8 Å². The second-order valence-corrected chi connectivity index (χ2v) is 6.17. The summed E-state index contributed by atoms with van der Waals surface area (Å²) in [4.78, 5) is 0. The van der Waals surface area contributed by atoms with Gasteiger partial charge in [0.1, 0.15) is 11.5 Å². The van der Waals surface area contributed by atoms with Gasteiger partial charge in [-0.3, -0.25) is 0 Å². The van der Waals surface area contributed by atoms with Crippen LogP contribution in [0.4, 0.5) is 0 Å². The lowest BCUT2D eigenvalue weighted by atomic mass is 10.0. The van der Waals surface area contributed by atoms with Crippen molar-refractivity contribution in [1.29, 1.82) is 0 Å². The fourth-order valence-corrected chi connectivity index (χ4v) is 3.17. The van der Waals surface area contributed by atoms with Crippen LogP contribution in [0.1, 0.15) is 5.56 Å². The summed E-state index contributed by atoms with van der Waals surface area (Å²) < 4.78 is 1.88. The number of nitrogens with zero attached hydrogens (tertiary/aromatic N) is 2. The van der Waals surface area contributed by atoms with E-state index in [1.807, 2.05) is 60.1 Å². The molecule has 0 amide bonds. The Kier molecular flexibility index (Phi) is 3.93. The first kappa shape index (κ1) is 16.0. The fourth-order valence-electron chi connectivity index (χ4n) is 3.17. The number of rotatable bonds is 3. The third kappa shape index (κ3) is 2.82. The van der Waals surface area contributed by atoms with E-state index in [9.17, 15) is 10.2 Å². The lowest BCUT2D eigenvalue weighted by Gasteiger charge is -2.09. The fraction of sp³-hybridized carbons (Fsp3) is 0.0455. The smallest absolute Gasteiger partial charge is 0.116 e.